The Kier molecular flexibility index (Phi) is 5.17. The SMILES string of the molecule is COCc1ncc(C)n1CC1CN(C(=O)NCC2CCCO2)C1. The first kappa shape index (κ1) is 16.3. The molecule has 2 fully saturated rings. The largest absolute Gasteiger partial charge is 0.377 e. The van der Waals surface area contributed by atoms with Crippen molar-refractivity contribution in [2.75, 3.05) is 33.4 Å². The summed E-state index contributed by atoms with van der Waals surface area (Å²) in [7, 11) is 1.68. The van der Waals surface area contributed by atoms with Gasteiger partial charge in [-0.05, 0) is 19.8 Å². The minimum Gasteiger partial charge on any atom is -0.377 e. The summed E-state index contributed by atoms with van der Waals surface area (Å²) in [6.07, 6.45) is 4.21. The van der Waals surface area contributed by atoms with Crippen molar-refractivity contribution in [3.8, 4) is 0 Å². The zero-order chi connectivity index (χ0) is 16.2. The summed E-state index contributed by atoms with van der Waals surface area (Å²) in [4.78, 5) is 18.3. The van der Waals surface area contributed by atoms with Gasteiger partial charge in [-0.25, -0.2) is 9.78 Å². The molecule has 1 aromatic heterocycles. The fourth-order valence-electron chi connectivity index (χ4n) is 3.23. The van der Waals surface area contributed by atoms with Crippen molar-refractivity contribution in [1.29, 1.82) is 0 Å². The number of likely N-dealkylation sites (tertiary alicyclic amines) is 1. The van der Waals surface area contributed by atoms with Crippen LogP contribution < -0.4 is 5.32 Å². The first-order chi connectivity index (χ1) is 11.2. The van der Waals surface area contributed by atoms with Crippen LogP contribution in [0.1, 0.15) is 24.4 Å². The van der Waals surface area contributed by atoms with Gasteiger partial charge in [-0.2, -0.15) is 0 Å². The van der Waals surface area contributed by atoms with Gasteiger partial charge in [0.1, 0.15) is 12.4 Å². The number of aromatic nitrogens is 2. The maximum absolute atomic E-state index is 12.1. The fourth-order valence-corrected chi connectivity index (χ4v) is 3.23. The Bertz CT molecular complexity index is 533. The third-order valence-electron chi connectivity index (χ3n) is 4.60. The molecule has 3 rings (SSSR count). The molecule has 2 amide bonds. The first-order valence-corrected chi connectivity index (χ1v) is 8.31. The van der Waals surface area contributed by atoms with Gasteiger partial charge in [0.05, 0.1) is 6.10 Å². The van der Waals surface area contributed by atoms with Gasteiger partial charge in [0.15, 0.2) is 0 Å². The van der Waals surface area contributed by atoms with Gasteiger partial charge >= 0.3 is 6.03 Å². The molecule has 7 heteroatoms. The zero-order valence-electron chi connectivity index (χ0n) is 14.0. The summed E-state index contributed by atoms with van der Waals surface area (Å²) < 4.78 is 12.9. The van der Waals surface area contributed by atoms with E-state index in [1.165, 1.54) is 0 Å². The molecule has 0 bridgehead atoms. The van der Waals surface area contributed by atoms with Crippen LogP contribution in [-0.2, 0) is 22.6 Å². The molecular formula is C16H26N4O3. The smallest absolute Gasteiger partial charge is 0.317 e. The molecule has 0 spiro atoms. The highest BCUT2D eigenvalue weighted by Gasteiger charge is 2.31. The van der Waals surface area contributed by atoms with Gasteiger partial charge < -0.3 is 24.3 Å². The molecule has 23 heavy (non-hydrogen) atoms. The van der Waals surface area contributed by atoms with Crippen LogP contribution in [0.15, 0.2) is 6.20 Å². The zero-order valence-corrected chi connectivity index (χ0v) is 14.0. The number of urea groups is 1. The molecule has 1 unspecified atom stereocenters. The average molecular weight is 322 g/mol. The Balaban J connectivity index is 1.42. The number of amides is 2. The van der Waals surface area contributed by atoms with Crippen LogP contribution in [0.2, 0.25) is 0 Å². The van der Waals surface area contributed by atoms with Crippen LogP contribution in [0.25, 0.3) is 0 Å². The Labute approximate surface area is 137 Å². The van der Waals surface area contributed by atoms with E-state index < -0.39 is 0 Å². The molecule has 2 aliphatic rings. The summed E-state index contributed by atoms with van der Waals surface area (Å²) in [5.74, 6) is 1.43. The number of hydrogen-bond donors (Lipinski definition) is 1. The predicted molar refractivity (Wildman–Crippen MR) is 85.1 cm³/mol. The van der Waals surface area contributed by atoms with Crippen LogP contribution in [0, 0.1) is 12.8 Å². The number of nitrogens with one attached hydrogen (secondary N) is 1. The lowest BCUT2D eigenvalue weighted by Gasteiger charge is -2.39. The summed E-state index contributed by atoms with van der Waals surface area (Å²) >= 11 is 0. The molecule has 0 saturated carbocycles. The van der Waals surface area contributed by atoms with Gasteiger partial charge in [-0.3, -0.25) is 0 Å². The molecular weight excluding hydrogens is 296 g/mol. The molecule has 0 aromatic carbocycles. The summed E-state index contributed by atoms with van der Waals surface area (Å²) in [6.45, 7) is 6.49. The molecule has 3 heterocycles. The summed E-state index contributed by atoms with van der Waals surface area (Å²) in [5.41, 5.74) is 1.14. The van der Waals surface area contributed by atoms with Gasteiger partial charge in [-0.15, -0.1) is 0 Å². The van der Waals surface area contributed by atoms with Crippen molar-refractivity contribution in [1.82, 2.24) is 19.8 Å². The minimum atomic E-state index is 0.0243. The number of methoxy groups -OCH3 is 1. The third-order valence-corrected chi connectivity index (χ3v) is 4.60. The highest BCUT2D eigenvalue weighted by Crippen LogP contribution is 2.20. The standard InChI is InChI=1S/C16H26N4O3/c1-12-6-17-15(11-22-2)20(12)10-13-8-19(9-13)16(21)18-7-14-4-3-5-23-14/h6,13-14H,3-5,7-11H2,1-2H3,(H,18,21). The van der Waals surface area contributed by atoms with Crippen LogP contribution in [0.5, 0.6) is 0 Å². The van der Waals surface area contributed by atoms with E-state index >= 15 is 0 Å². The number of carbonyl (C=O) groups is 1. The Morgan fingerprint density at radius 3 is 3.04 bits per heavy atom. The number of aryl methyl sites for hydroxylation is 1. The summed E-state index contributed by atoms with van der Waals surface area (Å²) in [5, 5.41) is 2.97. The first-order valence-electron chi connectivity index (χ1n) is 8.31. The number of rotatable bonds is 6. The van der Waals surface area contributed by atoms with Crippen LogP contribution in [0.3, 0.4) is 0 Å². The molecule has 2 aliphatic heterocycles. The van der Waals surface area contributed by atoms with E-state index in [1.807, 2.05) is 11.1 Å². The maximum Gasteiger partial charge on any atom is 0.317 e. The van der Waals surface area contributed by atoms with E-state index in [9.17, 15) is 4.79 Å². The van der Waals surface area contributed by atoms with E-state index in [4.69, 9.17) is 9.47 Å². The molecule has 0 radical (unpaired) electrons. The van der Waals surface area contributed by atoms with E-state index in [2.05, 4.69) is 21.8 Å². The molecule has 128 valence electrons. The monoisotopic (exact) mass is 322 g/mol. The quantitative estimate of drug-likeness (QED) is 0.853. The van der Waals surface area contributed by atoms with E-state index in [0.717, 1.165) is 50.6 Å². The number of imidazole rings is 1. The Morgan fingerprint density at radius 2 is 2.35 bits per heavy atom. The van der Waals surface area contributed by atoms with Crippen LogP contribution in [0.4, 0.5) is 4.79 Å². The fraction of sp³-hybridized carbons (Fsp3) is 0.750. The molecule has 2 saturated heterocycles. The minimum absolute atomic E-state index is 0.0243. The molecule has 1 atom stereocenters. The van der Waals surface area contributed by atoms with E-state index in [1.54, 1.807) is 7.11 Å². The van der Waals surface area contributed by atoms with Gasteiger partial charge in [0.25, 0.3) is 0 Å². The lowest BCUT2D eigenvalue weighted by atomic mass is 10.0. The molecule has 1 aromatic rings. The van der Waals surface area contributed by atoms with Gasteiger partial charge in [0.2, 0.25) is 0 Å². The number of ether oxygens (including phenoxy) is 2. The van der Waals surface area contributed by atoms with Crippen LogP contribution >= 0.6 is 0 Å². The summed E-state index contributed by atoms with van der Waals surface area (Å²) in [6, 6.07) is 0.0243. The lowest BCUT2D eigenvalue weighted by molar-refractivity contribution is 0.0916. The Hall–Kier alpha value is -1.60. The molecule has 0 aliphatic carbocycles. The molecule has 1 N–H and O–H groups in total. The topological polar surface area (TPSA) is 68.6 Å². The van der Waals surface area contributed by atoms with Crippen molar-refractivity contribution in [2.24, 2.45) is 5.92 Å². The van der Waals surface area contributed by atoms with Gasteiger partial charge in [-0.1, -0.05) is 0 Å². The average Bonchev–Trinajstić information content (AvgIpc) is 3.12. The van der Waals surface area contributed by atoms with E-state index in [0.29, 0.717) is 19.1 Å². The van der Waals surface area contributed by atoms with Crippen molar-refractivity contribution < 1.29 is 14.3 Å². The molecule has 7 nitrogen and oxygen atoms in total. The van der Waals surface area contributed by atoms with Gasteiger partial charge in [0, 0.05) is 57.7 Å². The van der Waals surface area contributed by atoms with Crippen molar-refractivity contribution >= 4 is 6.03 Å². The Morgan fingerprint density at radius 1 is 1.52 bits per heavy atom. The lowest BCUT2D eigenvalue weighted by Crippen LogP contribution is -2.55. The van der Waals surface area contributed by atoms with Crippen molar-refractivity contribution in [3.05, 3.63) is 17.7 Å². The van der Waals surface area contributed by atoms with E-state index in [-0.39, 0.29) is 12.1 Å². The predicted octanol–water partition coefficient (Wildman–Crippen LogP) is 1.16. The second-order valence-electron chi connectivity index (χ2n) is 6.45. The number of nitrogens with zero attached hydrogens (tertiary/aromatic N) is 3. The highest BCUT2D eigenvalue weighted by atomic mass is 16.5. The van der Waals surface area contributed by atoms with Crippen molar-refractivity contribution in [3.63, 3.8) is 0 Å². The normalized spacial score (nSPS) is 21.5. The second-order valence-corrected chi connectivity index (χ2v) is 6.45. The maximum atomic E-state index is 12.1. The second kappa shape index (κ2) is 7.31. The van der Waals surface area contributed by atoms with Crippen molar-refractivity contribution in [2.45, 2.75) is 39.0 Å². The highest BCUT2D eigenvalue weighted by molar-refractivity contribution is 5.75. The number of carbonyl (C=O) groups excluding carboxylic acids is 1. The number of hydrogen-bond acceptors (Lipinski definition) is 4. The third kappa shape index (κ3) is 3.84. The van der Waals surface area contributed by atoms with Crippen LogP contribution in [-0.4, -0.2) is 59.9 Å².